The number of anilines is 4. The van der Waals surface area contributed by atoms with E-state index in [-0.39, 0.29) is 41.4 Å². The van der Waals surface area contributed by atoms with E-state index in [1.54, 1.807) is 37.3 Å². The van der Waals surface area contributed by atoms with Crippen LogP contribution >= 0.6 is 0 Å². The van der Waals surface area contributed by atoms with Gasteiger partial charge < -0.3 is 35.8 Å². The Morgan fingerprint density at radius 1 is 1.06 bits per heavy atom. The van der Waals surface area contributed by atoms with E-state index >= 15 is 0 Å². The molecule has 49 heavy (non-hydrogen) atoms. The Morgan fingerprint density at radius 2 is 1.82 bits per heavy atom. The summed E-state index contributed by atoms with van der Waals surface area (Å²) in [4.78, 5) is 38.2. The number of ether oxygens (including phenoxy) is 1. The van der Waals surface area contributed by atoms with Crippen LogP contribution in [-0.2, 0) is 6.18 Å². The molecule has 262 valence electrons. The highest BCUT2D eigenvalue weighted by atomic mass is 19.4. The van der Waals surface area contributed by atoms with Crippen molar-refractivity contribution in [3.63, 3.8) is 0 Å². The maximum Gasteiger partial charge on any atom is 0.421 e. The average Bonchev–Trinajstić information content (AvgIpc) is 3.34. The van der Waals surface area contributed by atoms with Crippen LogP contribution in [0.2, 0.25) is 0 Å². The topological polar surface area (TPSA) is 124 Å². The third-order valence-electron chi connectivity index (χ3n) is 9.56. The van der Waals surface area contributed by atoms with Crippen LogP contribution < -0.4 is 26.0 Å². The molecule has 4 N–H and O–H groups in total. The van der Waals surface area contributed by atoms with Gasteiger partial charge in [-0.3, -0.25) is 9.59 Å². The Balaban J connectivity index is 1.17. The van der Waals surface area contributed by atoms with Crippen molar-refractivity contribution in [1.82, 2.24) is 30.4 Å². The molecule has 0 spiro atoms. The monoisotopic (exact) mass is 684 g/mol. The number of hydrogen-bond donors (Lipinski definition) is 4. The number of methoxy groups -OCH3 is 1. The molecule has 15 heteroatoms. The van der Waals surface area contributed by atoms with E-state index in [1.807, 2.05) is 0 Å². The first-order valence-electron chi connectivity index (χ1n) is 16.5. The molecule has 2 saturated heterocycles. The second-order valence-corrected chi connectivity index (χ2v) is 12.5. The number of benzene rings is 2. The van der Waals surface area contributed by atoms with Crippen molar-refractivity contribution in [2.45, 2.75) is 56.9 Å². The Bertz CT molecular complexity index is 1680. The van der Waals surface area contributed by atoms with Gasteiger partial charge in [-0.25, -0.2) is 9.37 Å². The normalized spacial score (nSPS) is 19.1. The van der Waals surface area contributed by atoms with Crippen LogP contribution in [0.4, 0.5) is 40.7 Å². The summed E-state index contributed by atoms with van der Waals surface area (Å²) in [5.74, 6) is -1.23. The number of alkyl halides is 4. The highest BCUT2D eigenvalue weighted by molar-refractivity contribution is 6.04. The predicted octanol–water partition coefficient (Wildman–Crippen LogP) is 5.42. The van der Waals surface area contributed by atoms with E-state index < -0.39 is 36.2 Å². The zero-order valence-corrected chi connectivity index (χ0v) is 27.4. The van der Waals surface area contributed by atoms with Crippen molar-refractivity contribution in [1.29, 1.82) is 0 Å². The van der Waals surface area contributed by atoms with Gasteiger partial charge in [0.1, 0.15) is 23.8 Å². The van der Waals surface area contributed by atoms with Gasteiger partial charge in [-0.1, -0.05) is 12.1 Å². The first kappa shape index (κ1) is 34.4. The standard InChI is InChI=1S/C34H40F4N8O3/c1-20-24-4-3-5-27(29(24)32(48)46(20)17-12-35)42-30-25(34(36,37)38)19-40-33(44-30)43-26-7-6-21(18-28(26)49-2)31(47)41-22-10-15-45(16-11-22)23-8-13-39-14-9-23/h3-7,18-20,22-23,39H,8-17H2,1-2H3,(H,41,47)(H2,40,42,43,44). The van der Waals surface area contributed by atoms with Gasteiger partial charge in [0, 0.05) is 43.5 Å². The molecular formula is C34H40F4N8O3. The van der Waals surface area contributed by atoms with Crippen molar-refractivity contribution in [2.24, 2.45) is 0 Å². The van der Waals surface area contributed by atoms with Crippen molar-refractivity contribution >= 4 is 35.0 Å². The van der Waals surface area contributed by atoms with Crippen molar-refractivity contribution in [3.05, 3.63) is 64.8 Å². The lowest BCUT2D eigenvalue weighted by Crippen LogP contribution is -2.50. The van der Waals surface area contributed by atoms with Crippen LogP contribution in [0.3, 0.4) is 0 Å². The number of piperidine rings is 2. The summed E-state index contributed by atoms with van der Waals surface area (Å²) in [6.07, 6.45) is -0.156. The van der Waals surface area contributed by atoms with E-state index in [2.05, 4.69) is 36.1 Å². The number of nitrogens with zero attached hydrogens (tertiary/aromatic N) is 4. The van der Waals surface area contributed by atoms with Crippen LogP contribution in [0.15, 0.2) is 42.6 Å². The number of halogens is 4. The Hall–Kier alpha value is -4.50. The Morgan fingerprint density at radius 3 is 2.51 bits per heavy atom. The molecule has 1 aromatic heterocycles. The van der Waals surface area contributed by atoms with Crippen LogP contribution in [0.5, 0.6) is 5.75 Å². The van der Waals surface area contributed by atoms with Crippen LogP contribution in [0.1, 0.15) is 70.5 Å². The smallest absolute Gasteiger partial charge is 0.421 e. The fraction of sp³-hybridized carbons (Fsp3) is 0.471. The fourth-order valence-electron chi connectivity index (χ4n) is 6.91. The Labute approximate surface area is 281 Å². The minimum absolute atomic E-state index is 0.0526. The van der Waals surface area contributed by atoms with Gasteiger partial charge >= 0.3 is 6.18 Å². The predicted molar refractivity (Wildman–Crippen MR) is 176 cm³/mol. The molecule has 3 aromatic rings. The minimum atomic E-state index is -4.81. The number of carbonyl (C=O) groups excluding carboxylic acids is 2. The molecule has 2 aromatic carbocycles. The number of nitrogens with one attached hydrogen (secondary N) is 4. The van der Waals surface area contributed by atoms with E-state index in [4.69, 9.17) is 4.74 Å². The molecule has 11 nitrogen and oxygen atoms in total. The number of fused-ring (bicyclic) bond motifs is 1. The number of hydrogen-bond acceptors (Lipinski definition) is 9. The summed E-state index contributed by atoms with van der Waals surface area (Å²) in [7, 11) is 1.42. The van der Waals surface area contributed by atoms with E-state index in [9.17, 15) is 27.2 Å². The van der Waals surface area contributed by atoms with Gasteiger partial charge in [-0.15, -0.1) is 0 Å². The van der Waals surface area contributed by atoms with E-state index in [0.29, 0.717) is 29.1 Å². The lowest BCUT2D eigenvalue weighted by molar-refractivity contribution is -0.137. The summed E-state index contributed by atoms with van der Waals surface area (Å²) < 4.78 is 60.9. The lowest BCUT2D eigenvalue weighted by atomic mass is 9.98. The number of aromatic nitrogens is 2. The van der Waals surface area contributed by atoms with Crippen LogP contribution in [0, 0.1) is 0 Å². The van der Waals surface area contributed by atoms with Crippen molar-refractivity contribution in [3.8, 4) is 5.75 Å². The maximum absolute atomic E-state index is 14.1. The van der Waals surface area contributed by atoms with Gasteiger partial charge in [-0.2, -0.15) is 18.2 Å². The molecule has 1 atom stereocenters. The van der Waals surface area contributed by atoms with Gasteiger partial charge in [0.15, 0.2) is 0 Å². The first-order chi connectivity index (χ1) is 23.6. The zero-order valence-electron chi connectivity index (χ0n) is 27.4. The number of amides is 2. The summed E-state index contributed by atoms with van der Waals surface area (Å²) in [6.45, 7) is 4.80. The number of rotatable bonds is 10. The van der Waals surface area contributed by atoms with Crippen LogP contribution in [-0.4, -0.2) is 90.2 Å². The van der Waals surface area contributed by atoms with Gasteiger partial charge in [0.2, 0.25) is 5.95 Å². The number of likely N-dealkylation sites (tertiary alicyclic amines) is 1. The molecule has 3 aliphatic rings. The summed E-state index contributed by atoms with van der Waals surface area (Å²) >= 11 is 0. The highest BCUT2D eigenvalue weighted by Gasteiger charge is 2.38. The SMILES string of the molecule is COc1cc(C(=O)NC2CCN(C3CCNCC3)CC2)ccc1Nc1ncc(C(F)(F)F)c(Nc2cccc3c2C(=O)N(CCF)C3C)n1. The second kappa shape index (κ2) is 14.5. The zero-order chi connectivity index (χ0) is 34.7. The van der Waals surface area contributed by atoms with Crippen LogP contribution in [0.25, 0.3) is 0 Å². The highest BCUT2D eigenvalue weighted by Crippen LogP contribution is 2.41. The molecule has 0 radical (unpaired) electrons. The molecule has 0 bridgehead atoms. The van der Waals surface area contributed by atoms with Gasteiger partial charge in [0.25, 0.3) is 11.8 Å². The molecule has 2 fully saturated rings. The Kier molecular flexibility index (Phi) is 10.2. The molecule has 4 heterocycles. The third kappa shape index (κ3) is 7.42. The second-order valence-electron chi connectivity index (χ2n) is 12.5. The molecule has 3 aliphatic heterocycles. The van der Waals surface area contributed by atoms with E-state index in [1.165, 1.54) is 18.1 Å². The summed E-state index contributed by atoms with van der Waals surface area (Å²) in [5, 5.41) is 12.1. The van der Waals surface area contributed by atoms with Gasteiger partial charge in [-0.05, 0) is 75.5 Å². The molecule has 0 saturated carbocycles. The van der Waals surface area contributed by atoms with E-state index in [0.717, 1.165) is 51.9 Å². The molecule has 0 aliphatic carbocycles. The first-order valence-corrected chi connectivity index (χ1v) is 16.5. The quantitative estimate of drug-likeness (QED) is 0.207. The largest absolute Gasteiger partial charge is 0.495 e. The third-order valence-corrected chi connectivity index (χ3v) is 9.56. The van der Waals surface area contributed by atoms with Crippen molar-refractivity contribution in [2.75, 3.05) is 57.1 Å². The lowest BCUT2D eigenvalue weighted by Gasteiger charge is -2.39. The summed E-state index contributed by atoms with van der Waals surface area (Å²) in [5.41, 5.74) is 0.392. The molecule has 2 amide bonds. The fourth-order valence-corrected chi connectivity index (χ4v) is 6.91. The summed E-state index contributed by atoms with van der Waals surface area (Å²) in [6, 6.07) is 9.69. The minimum Gasteiger partial charge on any atom is -0.495 e. The molecular weight excluding hydrogens is 644 g/mol. The number of carbonyl (C=O) groups is 2. The molecule has 1 unspecified atom stereocenters. The average molecular weight is 685 g/mol. The molecule has 6 rings (SSSR count). The van der Waals surface area contributed by atoms with Crippen molar-refractivity contribution < 1.29 is 31.9 Å². The maximum atomic E-state index is 14.1. The van der Waals surface area contributed by atoms with Gasteiger partial charge in [0.05, 0.1) is 30.1 Å².